The first-order valence-electron chi connectivity index (χ1n) is 11.3. The van der Waals surface area contributed by atoms with Crippen LogP contribution in [-0.2, 0) is 0 Å². The molecule has 0 heterocycles. The van der Waals surface area contributed by atoms with Crippen molar-refractivity contribution in [3.8, 4) is 5.75 Å². The third-order valence-corrected chi connectivity index (χ3v) is 9.40. The maximum Gasteiger partial charge on any atom is 0.119 e. The van der Waals surface area contributed by atoms with Gasteiger partial charge in [0, 0.05) is 0 Å². The molecule has 0 amide bonds. The van der Waals surface area contributed by atoms with Crippen molar-refractivity contribution in [3.05, 3.63) is 30.3 Å². The molecule has 1 aromatic carbocycles. The lowest BCUT2D eigenvalue weighted by molar-refractivity contribution is -0.121. The maximum atomic E-state index is 6.46. The average molecular weight is 353 g/mol. The molecule has 4 aliphatic carbocycles. The zero-order valence-corrected chi connectivity index (χ0v) is 16.8. The van der Waals surface area contributed by atoms with Crippen LogP contribution < -0.4 is 4.74 Å². The summed E-state index contributed by atoms with van der Waals surface area (Å²) in [6.45, 7) is 5.28. The van der Waals surface area contributed by atoms with Crippen LogP contribution in [-0.4, -0.2) is 6.10 Å². The van der Waals surface area contributed by atoms with E-state index in [2.05, 4.69) is 44.2 Å². The normalized spacial score (nSPS) is 47.5. The van der Waals surface area contributed by atoms with E-state index in [1.54, 1.807) is 0 Å². The number of para-hydroxylation sites is 1. The molecule has 0 aromatic heterocycles. The van der Waals surface area contributed by atoms with Gasteiger partial charge in [-0.3, -0.25) is 0 Å². The van der Waals surface area contributed by atoms with Crippen LogP contribution in [0.15, 0.2) is 30.3 Å². The lowest BCUT2D eigenvalue weighted by Crippen LogP contribution is -2.54. The molecule has 1 aromatic rings. The van der Waals surface area contributed by atoms with E-state index in [4.69, 9.17) is 4.74 Å². The summed E-state index contributed by atoms with van der Waals surface area (Å²) in [5.74, 6) is 5.01. The van der Waals surface area contributed by atoms with E-state index in [0.717, 1.165) is 29.4 Å². The molecular formula is C25H36O. The molecule has 4 fully saturated rings. The minimum absolute atomic E-state index is 0.425. The monoisotopic (exact) mass is 352 g/mol. The Morgan fingerprint density at radius 1 is 0.846 bits per heavy atom. The summed E-state index contributed by atoms with van der Waals surface area (Å²) in [7, 11) is 0. The van der Waals surface area contributed by atoms with Crippen molar-refractivity contribution in [1.29, 1.82) is 0 Å². The molecule has 7 atom stereocenters. The summed E-state index contributed by atoms with van der Waals surface area (Å²) in [5, 5.41) is 0. The number of benzene rings is 1. The predicted octanol–water partition coefficient (Wildman–Crippen LogP) is 6.87. The molecule has 4 saturated carbocycles. The summed E-state index contributed by atoms with van der Waals surface area (Å²) in [4.78, 5) is 0. The summed E-state index contributed by atoms with van der Waals surface area (Å²) in [6, 6.07) is 10.5. The zero-order valence-electron chi connectivity index (χ0n) is 16.8. The molecule has 26 heavy (non-hydrogen) atoms. The van der Waals surface area contributed by atoms with Gasteiger partial charge in [-0.05, 0) is 104 Å². The van der Waals surface area contributed by atoms with Gasteiger partial charge in [0.2, 0.25) is 0 Å². The van der Waals surface area contributed by atoms with Gasteiger partial charge in [-0.1, -0.05) is 38.5 Å². The van der Waals surface area contributed by atoms with Crippen LogP contribution in [0.4, 0.5) is 0 Å². The summed E-state index contributed by atoms with van der Waals surface area (Å²) >= 11 is 0. The van der Waals surface area contributed by atoms with E-state index in [1.165, 1.54) is 64.2 Å². The second-order valence-electron chi connectivity index (χ2n) is 10.6. The molecule has 0 saturated heterocycles. The fourth-order valence-corrected chi connectivity index (χ4v) is 8.09. The number of rotatable bonds is 2. The number of hydrogen-bond donors (Lipinski definition) is 0. The lowest BCUT2D eigenvalue weighted by Gasteiger charge is -2.60. The van der Waals surface area contributed by atoms with E-state index in [0.29, 0.717) is 16.9 Å². The Hall–Kier alpha value is -0.980. The van der Waals surface area contributed by atoms with Crippen LogP contribution >= 0.6 is 0 Å². The summed E-state index contributed by atoms with van der Waals surface area (Å²) in [6.07, 6.45) is 14.9. The Labute approximate surface area is 159 Å². The molecule has 1 nitrogen and oxygen atoms in total. The molecule has 2 unspecified atom stereocenters. The van der Waals surface area contributed by atoms with Crippen molar-refractivity contribution in [3.63, 3.8) is 0 Å². The van der Waals surface area contributed by atoms with Crippen LogP contribution in [0.25, 0.3) is 0 Å². The number of hydrogen-bond acceptors (Lipinski definition) is 1. The first kappa shape index (κ1) is 17.1. The zero-order chi connectivity index (χ0) is 17.8. The minimum Gasteiger partial charge on any atom is -0.490 e. The van der Waals surface area contributed by atoms with E-state index in [1.807, 2.05) is 0 Å². The fourth-order valence-electron chi connectivity index (χ4n) is 8.09. The number of ether oxygens (including phenoxy) is 1. The molecule has 0 bridgehead atoms. The van der Waals surface area contributed by atoms with Gasteiger partial charge in [0.25, 0.3) is 0 Å². The van der Waals surface area contributed by atoms with Crippen molar-refractivity contribution in [2.24, 2.45) is 34.5 Å². The van der Waals surface area contributed by atoms with E-state index >= 15 is 0 Å². The van der Waals surface area contributed by atoms with Crippen LogP contribution in [0, 0.1) is 34.5 Å². The Morgan fingerprint density at radius 2 is 1.65 bits per heavy atom. The fraction of sp³-hybridized carbons (Fsp3) is 0.760. The standard InChI is InChI=1S/C25H36O/c1-24-15-6-9-22(24)21-13-11-18-10-12-20(26-19-7-4-3-5-8-19)17-25(18,2)23(21)14-16-24/h3-5,7-8,18,20-23H,6,9-17H2,1-2H3/t18?,20?,21-,22-,23+,24-,25-/m0/s1. The van der Waals surface area contributed by atoms with Crippen molar-refractivity contribution in [1.82, 2.24) is 0 Å². The Morgan fingerprint density at radius 3 is 2.50 bits per heavy atom. The lowest BCUT2D eigenvalue weighted by atomic mass is 9.45. The van der Waals surface area contributed by atoms with E-state index < -0.39 is 0 Å². The topological polar surface area (TPSA) is 9.23 Å². The SMILES string of the molecule is C[C@@]12CCC[C@H]1[C@@H]1CCC3CCC(Oc4ccccc4)C[C@]3(C)[C@@H]1CC2. The van der Waals surface area contributed by atoms with Crippen LogP contribution in [0.5, 0.6) is 5.75 Å². The van der Waals surface area contributed by atoms with Crippen molar-refractivity contribution >= 4 is 0 Å². The summed E-state index contributed by atoms with van der Waals surface area (Å²) < 4.78 is 6.46. The minimum atomic E-state index is 0.425. The van der Waals surface area contributed by atoms with Gasteiger partial charge in [-0.25, -0.2) is 0 Å². The molecule has 0 aliphatic heterocycles. The quantitative estimate of drug-likeness (QED) is 0.564. The average Bonchev–Trinajstić information content (AvgIpc) is 3.04. The highest BCUT2D eigenvalue weighted by Gasteiger charge is 2.58. The highest BCUT2D eigenvalue weighted by molar-refractivity contribution is 5.21. The van der Waals surface area contributed by atoms with Crippen LogP contribution in [0.2, 0.25) is 0 Å². The highest BCUT2D eigenvalue weighted by Crippen LogP contribution is 2.66. The second kappa shape index (κ2) is 6.28. The molecule has 1 heteroatoms. The second-order valence-corrected chi connectivity index (χ2v) is 10.6. The van der Waals surface area contributed by atoms with Gasteiger partial charge < -0.3 is 4.74 Å². The van der Waals surface area contributed by atoms with Crippen molar-refractivity contribution in [2.45, 2.75) is 84.2 Å². The first-order valence-corrected chi connectivity index (χ1v) is 11.3. The third-order valence-electron chi connectivity index (χ3n) is 9.40. The van der Waals surface area contributed by atoms with Crippen molar-refractivity contribution in [2.75, 3.05) is 0 Å². The van der Waals surface area contributed by atoms with Gasteiger partial charge in [0.05, 0.1) is 6.10 Å². The van der Waals surface area contributed by atoms with Crippen LogP contribution in [0.1, 0.15) is 78.1 Å². The molecule has 0 spiro atoms. The van der Waals surface area contributed by atoms with Gasteiger partial charge in [-0.15, -0.1) is 0 Å². The van der Waals surface area contributed by atoms with Gasteiger partial charge >= 0.3 is 0 Å². The molecule has 0 radical (unpaired) electrons. The largest absolute Gasteiger partial charge is 0.490 e. The predicted molar refractivity (Wildman–Crippen MR) is 107 cm³/mol. The van der Waals surface area contributed by atoms with Gasteiger partial charge in [0.1, 0.15) is 5.75 Å². The maximum absolute atomic E-state index is 6.46. The van der Waals surface area contributed by atoms with E-state index in [-0.39, 0.29) is 0 Å². The van der Waals surface area contributed by atoms with Crippen LogP contribution in [0.3, 0.4) is 0 Å². The smallest absolute Gasteiger partial charge is 0.119 e. The highest BCUT2D eigenvalue weighted by atomic mass is 16.5. The van der Waals surface area contributed by atoms with E-state index in [9.17, 15) is 0 Å². The molecule has 4 aliphatic rings. The number of fused-ring (bicyclic) bond motifs is 5. The molecule has 5 rings (SSSR count). The van der Waals surface area contributed by atoms with Gasteiger partial charge in [0.15, 0.2) is 0 Å². The Kier molecular flexibility index (Phi) is 4.14. The Bertz CT molecular complexity index is 639. The first-order chi connectivity index (χ1) is 12.6. The van der Waals surface area contributed by atoms with Crippen molar-refractivity contribution < 1.29 is 4.74 Å². The third kappa shape index (κ3) is 2.64. The molecule has 142 valence electrons. The van der Waals surface area contributed by atoms with Gasteiger partial charge in [-0.2, -0.15) is 0 Å². The molecular weight excluding hydrogens is 316 g/mol. The molecule has 0 N–H and O–H groups in total. The summed E-state index contributed by atoms with van der Waals surface area (Å²) in [5.41, 5.74) is 1.20. The Balaban J connectivity index is 1.37.